The summed E-state index contributed by atoms with van der Waals surface area (Å²) in [7, 11) is 3.12. The quantitative estimate of drug-likeness (QED) is 0.747. The zero-order valence-electron chi connectivity index (χ0n) is 16.9. The molecule has 0 aliphatic carbocycles. The molecular weight excluding hydrogens is 394 g/mol. The fraction of sp³-hybridized carbons (Fsp3) is 0.550. The first-order valence-electron chi connectivity index (χ1n) is 9.66. The summed E-state index contributed by atoms with van der Waals surface area (Å²) in [5.41, 5.74) is 0.852. The first kappa shape index (κ1) is 21.3. The fourth-order valence-electron chi connectivity index (χ4n) is 3.70. The van der Waals surface area contributed by atoms with Gasteiger partial charge in [0, 0.05) is 19.2 Å². The van der Waals surface area contributed by atoms with Gasteiger partial charge in [0.25, 0.3) is 0 Å². The molecule has 0 spiro atoms. The van der Waals surface area contributed by atoms with Crippen LogP contribution in [0.4, 0.5) is 0 Å². The maximum Gasteiger partial charge on any atom is 0.244 e. The van der Waals surface area contributed by atoms with Crippen LogP contribution in [-0.2, 0) is 14.4 Å². The van der Waals surface area contributed by atoms with Gasteiger partial charge in [-0.05, 0) is 37.0 Å². The van der Waals surface area contributed by atoms with Crippen molar-refractivity contribution in [2.45, 2.75) is 43.6 Å². The molecule has 2 fully saturated rings. The number of carbonyl (C=O) groups excluding carboxylic acids is 3. The van der Waals surface area contributed by atoms with Gasteiger partial charge in [0.05, 0.1) is 14.2 Å². The highest BCUT2D eigenvalue weighted by Crippen LogP contribution is 2.43. The van der Waals surface area contributed by atoms with E-state index in [9.17, 15) is 14.4 Å². The van der Waals surface area contributed by atoms with Crippen molar-refractivity contribution in [3.05, 3.63) is 23.8 Å². The Morgan fingerprint density at radius 1 is 1.21 bits per heavy atom. The molecule has 3 rings (SSSR count). The lowest BCUT2D eigenvalue weighted by atomic mass is 10.1. The van der Waals surface area contributed by atoms with Gasteiger partial charge in [-0.2, -0.15) is 0 Å². The van der Waals surface area contributed by atoms with Crippen LogP contribution in [0.1, 0.15) is 37.1 Å². The second kappa shape index (κ2) is 9.39. The van der Waals surface area contributed by atoms with E-state index in [2.05, 4.69) is 10.6 Å². The molecule has 158 valence electrons. The molecule has 0 aromatic heterocycles. The van der Waals surface area contributed by atoms with Crippen LogP contribution in [-0.4, -0.2) is 61.2 Å². The number of methoxy groups -OCH3 is 2. The van der Waals surface area contributed by atoms with Gasteiger partial charge in [-0.15, -0.1) is 11.8 Å². The van der Waals surface area contributed by atoms with Crippen LogP contribution < -0.4 is 20.1 Å². The Hall–Kier alpha value is -2.42. The first-order valence-corrected chi connectivity index (χ1v) is 10.7. The summed E-state index contributed by atoms with van der Waals surface area (Å²) >= 11 is 1.52. The third-order valence-corrected chi connectivity index (χ3v) is 6.53. The van der Waals surface area contributed by atoms with Crippen LogP contribution in [0.25, 0.3) is 0 Å². The highest BCUT2D eigenvalue weighted by molar-refractivity contribution is 7.99. The minimum Gasteiger partial charge on any atom is -0.493 e. The fourth-order valence-corrected chi connectivity index (χ4v) is 5.17. The molecule has 0 saturated carbocycles. The van der Waals surface area contributed by atoms with Gasteiger partial charge in [0.1, 0.15) is 17.5 Å². The number of nitrogens with one attached hydrogen (secondary N) is 2. The van der Waals surface area contributed by atoms with E-state index in [1.165, 1.54) is 18.7 Å². The molecule has 3 atom stereocenters. The number of ether oxygens (including phenoxy) is 2. The van der Waals surface area contributed by atoms with E-state index >= 15 is 0 Å². The van der Waals surface area contributed by atoms with E-state index in [4.69, 9.17) is 9.47 Å². The number of hydrogen-bond donors (Lipinski definition) is 2. The first-order chi connectivity index (χ1) is 14.0. The average molecular weight is 422 g/mol. The Labute approximate surface area is 174 Å². The number of thioether (sulfide) groups is 1. The lowest BCUT2D eigenvalue weighted by molar-refractivity contribution is -0.139. The van der Waals surface area contributed by atoms with Gasteiger partial charge in [-0.25, -0.2) is 0 Å². The molecule has 2 aliphatic heterocycles. The molecule has 3 amide bonds. The summed E-state index contributed by atoms with van der Waals surface area (Å²) in [4.78, 5) is 39.1. The molecule has 2 N–H and O–H groups in total. The van der Waals surface area contributed by atoms with Gasteiger partial charge in [-0.1, -0.05) is 6.07 Å². The lowest BCUT2D eigenvalue weighted by Gasteiger charge is -2.29. The standard InChI is InChI=1S/C20H27N3O5S/c1-12(24)23-15(19(26)22-14-6-4-5-9-21-18(14)25)11-29-20(23)13-7-8-16(27-2)17(10-13)28-3/h7-8,10,14-15,20H,4-6,9,11H2,1-3H3,(H,21,25)(H,22,26). The van der Waals surface area contributed by atoms with Crippen LogP contribution >= 0.6 is 11.8 Å². The van der Waals surface area contributed by atoms with Crippen LogP contribution in [0.3, 0.4) is 0 Å². The summed E-state index contributed by atoms with van der Waals surface area (Å²) in [6.07, 6.45) is 2.38. The predicted molar refractivity (Wildman–Crippen MR) is 110 cm³/mol. The third kappa shape index (κ3) is 4.60. The van der Waals surface area contributed by atoms with Crippen molar-refractivity contribution < 1.29 is 23.9 Å². The second-order valence-corrected chi connectivity index (χ2v) is 8.20. The van der Waals surface area contributed by atoms with E-state index in [0.717, 1.165) is 18.4 Å². The van der Waals surface area contributed by atoms with E-state index in [-0.39, 0.29) is 23.1 Å². The van der Waals surface area contributed by atoms with Crippen molar-refractivity contribution in [3.63, 3.8) is 0 Å². The summed E-state index contributed by atoms with van der Waals surface area (Å²) in [5.74, 6) is 0.975. The monoisotopic (exact) mass is 421 g/mol. The minimum absolute atomic E-state index is 0.160. The highest BCUT2D eigenvalue weighted by Gasteiger charge is 2.42. The predicted octanol–water partition coefficient (Wildman–Crippen LogP) is 1.45. The van der Waals surface area contributed by atoms with Gasteiger partial charge < -0.3 is 25.0 Å². The topological polar surface area (TPSA) is 97.0 Å². The van der Waals surface area contributed by atoms with Crippen molar-refractivity contribution in [2.24, 2.45) is 0 Å². The number of hydrogen-bond acceptors (Lipinski definition) is 6. The van der Waals surface area contributed by atoms with Gasteiger partial charge in [-0.3, -0.25) is 14.4 Å². The number of carbonyl (C=O) groups is 3. The number of nitrogens with zero attached hydrogens (tertiary/aromatic N) is 1. The van der Waals surface area contributed by atoms with Gasteiger partial charge in [0.2, 0.25) is 17.7 Å². The van der Waals surface area contributed by atoms with Crippen LogP contribution in [0, 0.1) is 0 Å². The minimum atomic E-state index is -0.633. The van der Waals surface area contributed by atoms with Crippen LogP contribution in [0.15, 0.2) is 18.2 Å². The highest BCUT2D eigenvalue weighted by atomic mass is 32.2. The van der Waals surface area contributed by atoms with E-state index < -0.39 is 12.1 Å². The number of amides is 3. The number of benzene rings is 1. The Kier molecular flexibility index (Phi) is 6.89. The molecule has 1 aromatic rings. The van der Waals surface area contributed by atoms with Crippen molar-refractivity contribution in [1.29, 1.82) is 0 Å². The normalized spacial score (nSPS) is 24.4. The maximum absolute atomic E-state index is 12.9. The largest absolute Gasteiger partial charge is 0.493 e. The van der Waals surface area contributed by atoms with Crippen molar-refractivity contribution >= 4 is 29.5 Å². The Morgan fingerprint density at radius 2 is 1.97 bits per heavy atom. The third-order valence-electron chi connectivity index (χ3n) is 5.21. The molecule has 2 saturated heterocycles. The van der Waals surface area contributed by atoms with Gasteiger partial charge >= 0.3 is 0 Å². The average Bonchev–Trinajstić information content (AvgIpc) is 3.07. The summed E-state index contributed by atoms with van der Waals surface area (Å²) in [6.45, 7) is 2.09. The molecule has 0 bridgehead atoms. The Bertz CT molecular complexity index is 787. The molecule has 8 nitrogen and oxygen atoms in total. The second-order valence-electron chi connectivity index (χ2n) is 7.09. The zero-order valence-corrected chi connectivity index (χ0v) is 17.7. The Balaban J connectivity index is 1.78. The summed E-state index contributed by atoms with van der Waals surface area (Å²) in [6, 6.07) is 4.30. The molecule has 0 radical (unpaired) electrons. The molecule has 2 heterocycles. The van der Waals surface area contributed by atoms with Crippen molar-refractivity contribution in [1.82, 2.24) is 15.5 Å². The molecule has 3 unspecified atom stereocenters. The van der Waals surface area contributed by atoms with Crippen molar-refractivity contribution in [2.75, 3.05) is 26.5 Å². The smallest absolute Gasteiger partial charge is 0.244 e. The van der Waals surface area contributed by atoms with E-state index in [1.807, 2.05) is 12.1 Å². The summed E-state index contributed by atoms with van der Waals surface area (Å²) in [5, 5.41) is 5.35. The Morgan fingerprint density at radius 3 is 2.66 bits per heavy atom. The van der Waals surface area contributed by atoms with Gasteiger partial charge in [0.15, 0.2) is 11.5 Å². The maximum atomic E-state index is 12.9. The SMILES string of the molecule is COc1ccc(C2SCC(C(=O)NC3CCCCNC3=O)N2C(C)=O)cc1OC. The lowest BCUT2D eigenvalue weighted by Crippen LogP contribution is -2.53. The van der Waals surface area contributed by atoms with Crippen molar-refractivity contribution in [3.8, 4) is 11.5 Å². The molecule has 9 heteroatoms. The summed E-state index contributed by atoms with van der Waals surface area (Å²) < 4.78 is 10.6. The molecule has 29 heavy (non-hydrogen) atoms. The van der Waals surface area contributed by atoms with E-state index in [0.29, 0.717) is 30.2 Å². The molecule has 1 aromatic carbocycles. The van der Waals surface area contributed by atoms with Crippen LogP contribution in [0.5, 0.6) is 11.5 Å². The zero-order chi connectivity index (χ0) is 21.0. The number of rotatable bonds is 5. The molecular formula is C20H27N3O5S. The van der Waals surface area contributed by atoms with Crippen LogP contribution in [0.2, 0.25) is 0 Å². The van der Waals surface area contributed by atoms with E-state index in [1.54, 1.807) is 25.2 Å². The molecule has 2 aliphatic rings.